The molecule has 1 unspecified atom stereocenters. The minimum atomic E-state index is -4.54. The number of halogens is 3. The van der Waals surface area contributed by atoms with Gasteiger partial charge in [-0.3, -0.25) is 4.79 Å². The van der Waals surface area contributed by atoms with Gasteiger partial charge in [-0.1, -0.05) is 24.2 Å². The molecular formula is C16H15F3N2O2. The van der Waals surface area contributed by atoms with Crippen LogP contribution in [0.15, 0.2) is 28.8 Å². The van der Waals surface area contributed by atoms with Crippen molar-refractivity contribution in [3.63, 3.8) is 0 Å². The van der Waals surface area contributed by atoms with E-state index in [1.807, 2.05) is 0 Å². The van der Waals surface area contributed by atoms with Gasteiger partial charge in [0.15, 0.2) is 5.69 Å². The van der Waals surface area contributed by atoms with Crippen molar-refractivity contribution in [3.8, 4) is 0 Å². The van der Waals surface area contributed by atoms with Crippen molar-refractivity contribution in [2.45, 2.75) is 32.4 Å². The van der Waals surface area contributed by atoms with E-state index >= 15 is 0 Å². The number of benzene rings is 1. The summed E-state index contributed by atoms with van der Waals surface area (Å²) >= 11 is 0. The minimum absolute atomic E-state index is 0.0727. The summed E-state index contributed by atoms with van der Waals surface area (Å²) in [5.41, 5.74) is -0.404. The molecule has 1 N–H and O–H groups in total. The molecule has 23 heavy (non-hydrogen) atoms. The Balaban J connectivity index is 1.88. The first-order valence-electron chi connectivity index (χ1n) is 7.31. The number of nitrogens with one attached hydrogen (secondary N) is 1. The number of carbonyl (C=O) groups is 1. The maximum atomic E-state index is 13.0. The molecule has 0 spiro atoms. The van der Waals surface area contributed by atoms with Gasteiger partial charge in [-0.15, -0.1) is 0 Å². The van der Waals surface area contributed by atoms with E-state index < -0.39 is 17.6 Å². The first-order valence-corrected chi connectivity index (χ1v) is 7.31. The van der Waals surface area contributed by atoms with Gasteiger partial charge in [-0.05, 0) is 30.9 Å². The summed E-state index contributed by atoms with van der Waals surface area (Å²) in [5.74, 6) is 0.356. The molecule has 4 nitrogen and oxygen atoms in total. The van der Waals surface area contributed by atoms with Crippen molar-refractivity contribution in [3.05, 3.63) is 46.8 Å². The number of para-hydroxylation sites is 1. The van der Waals surface area contributed by atoms with Crippen LogP contribution in [0.1, 0.15) is 40.7 Å². The van der Waals surface area contributed by atoms with E-state index in [9.17, 15) is 18.0 Å². The molecule has 1 atom stereocenters. The van der Waals surface area contributed by atoms with E-state index in [2.05, 4.69) is 17.4 Å². The highest BCUT2D eigenvalue weighted by atomic mass is 19.4. The smallest absolute Gasteiger partial charge is 0.360 e. The van der Waals surface area contributed by atoms with Crippen LogP contribution in [-0.4, -0.2) is 11.1 Å². The Labute approximate surface area is 130 Å². The number of carbonyl (C=O) groups excluding carboxylic acids is 1. The maximum Gasteiger partial charge on any atom is 0.418 e. The van der Waals surface area contributed by atoms with Gasteiger partial charge >= 0.3 is 6.18 Å². The predicted octanol–water partition coefficient (Wildman–Crippen LogP) is 4.07. The average molecular weight is 324 g/mol. The number of anilines is 1. The Morgan fingerprint density at radius 2 is 2.09 bits per heavy atom. The monoisotopic (exact) mass is 324 g/mol. The van der Waals surface area contributed by atoms with Gasteiger partial charge in [0.2, 0.25) is 0 Å². The van der Waals surface area contributed by atoms with Crippen molar-refractivity contribution >= 4 is 11.6 Å². The SMILES string of the molecule is CC1CCc2onc(C(=O)Nc3ccccc3C(F)(F)F)c2C1. The summed E-state index contributed by atoms with van der Waals surface area (Å²) in [6, 6.07) is 4.86. The average Bonchev–Trinajstić information content (AvgIpc) is 2.89. The van der Waals surface area contributed by atoms with Crippen LogP contribution in [0, 0.1) is 5.92 Å². The number of hydrogen-bond acceptors (Lipinski definition) is 3. The van der Waals surface area contributed by atoms with Gasteiger partial charge in [0.05, 0.1) is 11.3 Å². The Hall–Kier alpha value is -2.31. The number of aromatic nitrogens is 1. The molecule has 2 aromatic rings. The van der Waals surface area contributed by atoms with Crippen LogP contribution >= 0.6 is 0 Å². The number of rotatable bonds is 2. The maximum absolute atomic E-state index is 13.0. The molecular weight excluding hydrogens is 309 g/mol. The zero-order chi connectivity index (χ0) is 16.6. The van der Waals surface area contributed by atoms with Crippen molar-refractivity contribution < 1.29 is 22.5 Å². The molecule has 1 amide bonds. The van der Waals surface area contributed by atoms with Gasteiger partial charge in [0.25, 0.3) is 5.91 Å². The zero-order valence-electron chi connectivity index (χ0n) is 12.4. The summed E-state index contributed by atoms with van der Waals surface area (Å²) in [4.78, 5) is 12.3. The summed E-state index contributed by atoms with van der Waals surface area (Å²) < 4.78 is 44.1. The number of aryl methyl sites for hydroxylation is 1. The van der Waals surface area contributed by atoms with Gasteiger partial charge in [0, 0.05) is 12.0 Å². The number of hydrogen-bond donors (Lipinski definition) is 1. The Morgan fingerprint density at radius 1 is 1.35 bits per heavy atom. The normalized spacial score (nSPS) is 17.7. The third-order valence-electron chi connectivity index (χ3n) is 3.98. The Bertz CT molecular complexity index is 737. The predicted molar refractivity (Wildman–Crippen MR) is 77.1 cm³/mol. The standard InChI is InChI=1S/C16H15F3N2O2/c1-9-6-7-13-10(8-9)14(21-23-13)15(22)20-12-5-3-2-4-11(12)16(17,18)19/h2-5,9H,6-8H2,1H3,(H,20,22). The summed E-state index contributed by atoms with van der Waals surface area (Å²) in [6.07, 6.45) is -2.26. The van der Waals surface area contributed by atoms with E-state index in [1.165, 1.54) is 18.2 Å². The highest BCUT2D eigenvalue weighted by molar-refractivity contribution is 6.04. The third-order valence-corrected chi connectivity index (χ3v) is 3.98. The van der Waals surface area contributed by atoms with E-state index in [1.54, 1.807) is 0 Å². The Kier molecular flexibility index (Phi) is 3.87. The van der Waals surface area contributed by atoms with Crippen LogP contribution in [0.2, 0.25) is 0 Å². The topological polar surface area (TPSA) is 55.1 Å². The van der Waals surface area contributed by atoms with Crippen molar-refractivity contribution in [2.75, 3.05) is 5.32 Å². The van der Waals surface area contributed by atoms with Gasteiger partial charge in [-0.25, -0.2) is 0 Å². The number of nitrogens with zero attached hydrogens (tertiary/aromatic N) is 1. The zero-order valence-corrected chi connectivity index (χ0v) is 12.4. The second kappa shape index (κ2) is 5.72. The molecule has 0 radical (unpaired) electrons. The van der Waals surface area contributed by atoms with Crippen molar-refractivity contribution in [1.82, 2.24) is 5.16 Å². The second-order valence-electron chi connectivity index (χ2n) is 5.78. The van der Waals surface area contributed by atoms with Gasteiger partial charge in [0.1, 0.15) is 5.76 Å². The fourth-order valence-corrected chi connectivity index (χ4v) is 2.78. The molecule has 0 aliphatic heterocycles. The fraction of sp³-hybridized carbons (Fsp3) is 0.375. The lowest BCUT2D eigenvalue weighted by molar-refractivity contribution is -0.136. The largest absolute Gasteiger partial charge is 0.418 e. The summed E-state index contributed by atoms with van der Waals surface area (Å²) in [7, 11) is 0. The van der Waals surface area contributed by atoms with E-state index in [4.69, 9.17) is 4.52 Å². The second-order valence-corrected chi connectivity index (χ2v) is 5.78. The number of fused-ring (bicyclic) bond motifs is 1. The quantitative estimate of drug-likeness (QED) is 0.906. The lowest BCUT2D eigenvalue weighted by Gasteiger charge is -2.17. The first kappa shape index (κ1) is 15.6. The van der Waals surface area contributed by atoms with Crippen LogP contribution in [0.5, 0.6) is 0 Å². The van der Waals surface area contributed by atoms with Crippen LogP contribution in [0.4, 0.5) is 18.9 Å². The summed E-state index contributed by atoms with van der Waals surface area (Å²) in [5, 5.41) is 6.05. The molecule has 0 fully saturated rings. The molecule has 1 heterocycles. The fourth-order valence-electron chi connectivity index (χ4n) is 2.78. The van der Waals surface area contributed by atoms with E-state index in [-0.39, 0.29) is 11.4 Å². The van der Waals surface area contributed by atoms with Crippen LogP contribution in [-0.2, 0) is 19.0 Å². The lowest BCUT2D eigenvalue weighted by atomic mass is 9.88. The van der Waals surface area contributed by atoms with Crippen molar-refractivity contribution in [1.29, 1.82) is 0 Å². The van der Waals surface area contributed by atoms with Crippen LogP contribution < -0.4 is 5.32 Å². The number of alkyl halides is 3. The van der Waals surface area contributed by atoms with E-state index in [0.717, 1.165) is 12.5 Å². The summed E-state index contributed by atoms with van der Waals surface area (Å²) in [6.45, 7) is 2.05. The number of amides is 1. The minimum Gasteiger partial charge on any atom is -0.360 e. The molecule has 0 saturated heterocycles. The first-order chi connectivity index (χ1) is 10.9. The third kappa shape index (κ3) is 3.09. The molecule has 7 heteroatoms. The van der Waals surface area contributed by atoms with Gasteiger partial charge < -0.3 is 9.84 Å². The molecule has 0 saturated carbocycles. The van der Waals surface area contributed by atoms with E-state index in [0.29, 0.717) is 30.1 Å². The lowest BCUT2D eigenvalue weighted by Crippen LogP contribution is -2.20. The highest BCUT2D eigenvalue weighted by Crippen LogP contribution is 2.35. The molecule has 0 bridgehead atoms. The van der Waals surface area contributed by atoms with Crippen molar-refractivity contribution in [2.24, 2.45) is 5.92 Å². The molecule has 122 valence electrons. The molecule has 1 aromatic heterocycles. The van der Waals surface area contributed by atoms with Gasteiger partial charge in [-0.2, -0.15) is 13.2 Å². The highest BCUT2D eigenvalue weighted by Gasteiger charge is 2.34. The molecule has 1 aliphatic rings. The molecule has 1 aliphatic carbocycles. The molecule has 1 aromatic carbocycles. The molecule has 3 rings (SSSR count). The van der Waals surface area contributed by atoms with Crippen LogP contribution in [0.3, 0.4) is 0 Å². The Morgan fingerprint density at radius 3 is 2.83 bits per heavy atom. The van der Waals surface area contributed by atoms with Crippen LogP contribution in [0.25, 0.3) is 0 Å².